The number of benzene rings is 1. The van der Waals surface area contributed by atoms with Gasteiger partial charge >= 0.3 is 0 Å². The number of halogens is 1. The zero-order valence-electron chi connectivity index (χ0n) is 12.3. The van der Waals surface area contributed by atoms with E-state index < -0.39 is 0 Å². The molecule has 1 atom stereocenters. The largest absolute Gasteiger partial charge is 0.346 e. The van der Waals surface area contributed by atoms with Crippen molar-refractivity contribution in [1.82, 2.24) is 14.9 Å². The van der Waals surface area contributed by atoms with E-state index >= 15 is 0 Å². The van der Waals surface area contributed by atoms with E-state index in [1.54, 1.807) is 25.2 Å². The second-order valence-corrected chi connectivity index (χ2v) is 5.47. The predicted molar refractivity (Wildman–Crippen MR) is 83.5 cm³/mol. The highest BCUT2D eigenvalue weighted by Crippen LogP contribution is 2.17. The molecule has 1 aromatic heterocycles. The summed E-state index contributed by atoms with van der Waals surface area (Å²) in [6, 6.07) is 4.64. The van der Waals surface area contributed by atoms with Crippen LogP contribution < -0.4 is 10.9 Å². The molecule has 0 fully saturated rings. The molecule has 1 heterocycles. The molecule has 21 heavy (non-hydrogen) atoms. The lowest BCUT2D eigenvalue weighted by Crippen LogP contribution is -2.32. The van der Waals surface area contributed by atoms with Crippen LogP contribution in [0.25, 0.3) is 10.9 Å². The highest BCUT2D eigenvalue weighted by Gasteiger charge is 2.16. The quantitative estimate of drug-likeness (QED) is 0.944. The van der Waals surface area contributed by atoms with Crippen molar-refractivity contribution in [3.8, 4) is 0 Å². The van der Waals surface area contributed by atoms with Crippen LogP contribution in [-0.4, -0.2) is 15.5 Å². The molecule has 1 N–H and O–H groups in total. The maximum Gasteiger partial charge on any atom is 0.261 e. The average molecular weight is 308 g/mol. The third-order valence-electron chi connectivity index (χ3n) is 3.32. The van der Waals surface area contributed by atoms with E-state index in [1.807, 2.05) is 13.8 Å². The Balaban J connectivity index is 2.46. The van der Waals surface area contributed by atoms with Crippen LogP contribution in [0.3, 0.4) is 0 Å². The van der Waals surface area contributed by atoms with Gasteiger partial charge in [-0.2, -0.15) is 0 Å². The Hall–Kier alpha value is -1.88. The molecule has 5 nitrogen and oxygen atoms in total. The molecule has 112 valence electrons. The van der Waals surface area contributed by atoms with Crippen molar-refractivity contribution in [3.05, 3.63) is 39.4 Å². The van der Waals surface area contributed by atoms with Crippen LogP contribution in [0, 0.1) is 0 Å². The molecule has 0 radical (unpaired) electrons. The molecule has 0 aliphatic rings. The van der Waals surface area contributed by atoms with Gasteiger partial charge in [0.25, 0.3) is 5.56 Å². The Labute approximate surface area is 127 Å². The lowest BCUT2D eigenvalue weighted by Gasteiger charge is -2.17. The number of carbonyl (C=O) groups is 1. The Morgan fingerprint density at radius 3 is 2.86 bits per heavy atom. The molecule has 0 saturated carbocycles. The summed E-state index contributed by atoms with van der Waals surface area (Å²) in [4.78, 5) is 28.5. The molecule has 1 amide bonds. The normalized spacial score (nSPS) is 12.4. The molecule has 1 aromatic carbocycles. The van der Waals surface area contributed by atoms with Gasteiger partial charge in [-0.15, -0.1) is 0 Å². The third-order valence-corrected chi connectivity index (χ3v) is 3.55. The number of carbonyl (C=O) groups excluding carboxylic acids is 1. The fourth-order valence-electron chi connectivity index (χ4n) is 2.25. The van der Waals surface area contributed by atoms with E-state index in [0.29, 0.717) is 28.2 Å². The van der Waals surface area contributed by atoms with E-state index in [-0.39, 0.29) is 17.5 Å². The Morgan fingerprint density at radius 1 is 1.48 bits per heavy atom. The summed E-state index contributed by atoms with van der Waals surface area (Å²) < 4.78 is 1.47. The number of fused-ring (bicyclic) bond motifs is 1. The zero-order chi connectivity index (χ0) is 15.6. The first-order valence-corrected chi connectivity index (χ1v) is 7.27. The predicted octanol–water partition coefficient (Wildman–Crippen LogP) is 2.56. The van der Waals surface area contributed by atoms with E-state index in [2.05, 4.69) is 10.3 Å². The van der Waals surface area contributed by atoms with Crippen LogP contribution in [0.4, 0.5) is 0 Å². The van der Waals surface area contributed by atoms with Gasteiger partial charge in [-0.1, -0.05) is 18.5 Å². The van der Waals surface area contributed by atoms with Gasteiger partial charge in [0.2, 0.25) is 5.91 Å². The van der Waals surface area contributed by atoms with Gasteiger partial charge in [-0.3, -0.25) is 14.2 Å². The second-order valence-electron chi connectivity index (χ2n) is 5.03. The van der Waals surface area contributed by atoms with Crippen molar-refractivity contribution in [3.63, 3.8) is 0 Å². The molecule has 0 aliphatic heterocycles. The van der Waals surface area contributed by atoms with Crippen molar-refractivity contribution in [2.24, 2.45) is 7.05 Å². The minimum atomic E-state index is -0.342. The van der Waals surface area contributed by atoms with Gasteiger partial charge in [0.15, 0.2) is 0 Å². The number of aromatic nitrogens is 2. The van der Waals surface area contributed by atoms with Crippen molar-refractivity contribution in [2.75, 3.05) is 0 Å². The van der Waals surface area contributed by atoms with E-state index in [1.165, 1.54) is 4.57 Å². The molecule has 0 bridgehead atoms. The highest BCUT2D eigenvalue weighted by molar-refractivity contribution is 6.31. The minimum Gasteiger partial charge on any atom is -0.346 e. The maximum atomic E-state index is 12.3. The third kappa shape index (κ3) is 3.24. The highest BCUT2D eigenvalue weighted by atomic mass is 35.5. The first-order valence-electron chi connectivity index (χ1n) is 6.89. The van der Waals surface area contributed by atoms with Gasteiger partial charge in [0.1, 0.15) is 5.82 Å². The van der Waals surface area contributed by atoms with Crippen LogP contribution >= 0.6 is 11.6 Å². The van der Waals surface area contributed by atoms with Crippen molar-refractivity contribution in [1.29, 1.82) is 0 Å². The number of amides is 1. The molecule has 6 heteroatoms. The number of nitrogens with zero attached hydrogens (tertiary/aromatic N) is 2. The summed E-state index contributed by atoms with van der Waals surface area (Å²) >= 11 is 5.95. The SMILES string of the molecule is CCCC(=O)N[C@@H](C)c1nc2cc(Cl)ccc2c(=O)n1C. The van der Waals surface area contributed by atoms with Gasteiger partial charge < -0.3 is 5.32 Å². The van der Waals surface area contributed by atoms with Gasteiger partial charge in [0, 0.05) is 18.5 Å². The van der Waals surface area contributed by atoms with E-state index in [9.17, 15) is 9.59 Å². The van der Waals surface area contributed by atoms with Crippen LogP contribution in [0.5, 0.6) is 0 Å². The monoisotopic (exact) mass is 307 g/mol. The summed E-state index contributed by atoms with van der Waals surface area (Å²) in [6.45, 7) is 3.75. The summed E-state index contributed by atoms with van der Waals surface area (Å²) in [5.41, 5.74) is 0.389. The standard InChI is InChI=1S/C15H18ClN3O2/c1-4-5-13(20)17-9(2)14-18-12-8-10(16)6-7-11(12)15(21)19(14)3/h6-9H,4-5H2,1-3H3,(H,17,20)/t9-/m0/s1. The summed E-state index contributed by atoms with van der Waals surface area (Å²) in [5.74, 6) is 0.463. The fraction of sp³-hybridized carbons (Fsp3) is 0.400. The molecule has 0 unspecified atom stereocenters. The fourth-order valence-corrected chi connectivity index (χ4v) is 2.42. The summed E-state index contributed by atoms with van der Waals surface area (Å²) in [6.07, 6.45) is 1.23. The van der Waals surface area contributed by atoms with Crippen molar-refractivity contribution < 1.29 is 4.79 Å². The molecule has 0 spiro atoms. The van der Waals surface area contributed by atoms with Crippen LogP contribution in [0.1, 0.15) is 38.6 Å². The van der Waals surface area contributed by atoms with Crippen LogP contribution in [0.2, 0.25) is 5.02 Å². The number of rotatable bonds is 4. The number of nitrogens with one attached hydrogen (secondary N) is 1. The average Bonchev–Trinajstić information content (AvgIpc) is 2.42. The Morgan fingerprint density at radius 2 is 2.19 bits per heavy atom. The topological polar surface area (TPSA) is 64.0 Å². The van der Waals surface area contributed by atoms with Gasteiger partial charge in [-0.25, -0.2) is 4.98 Å². The Bertz CT molecular complexity index is 740. The lowest BCUT2D eigenvalue weighted by atomic mass is 10.2. The first kappa shape index (κ1) is 15.5. The number of hydrogen-bond donors (Lipinski definition) is 1. The second kappa shape index (κ2) is 6.26. The van der Waals surface area contributed by atoms with Gasteiger partial charge in [0.05, 0.1) is 16.9 Å². The molecule has 2 aromatic rings. The first-order chi connectivity index (χ1) is 9.93. The molecular weight excluding hydrogens is 290 g/mol. The van der Waals surface area contributed by atoms with Crippen LogP contribution in [-0.2, 0) is 11.8 Å². The molecule has 2 rings (SSSR count). The lowest BCUT2D eigenvalue weighted by molar-refractivity contribution is -0.121. The van der Waals surface area contributed by atoms with Gasteiger partial charge in [-0.05, 0) is 31.5 Å². The summed E-state index contributed by atoms with van der Waals surface area (Å²) in [7, 11) is 1.65. The van der Waals surface area contributed by atoms with E-state index in [4.69, 9.17) is 11.6 Å². The smallest absolute Gasteiger partial charge is 0.261 e. The van der Waals surface area contributed by atoms with Crippen LogP contribution in [0.15, 0.2) is 23.0 Å². The Kier molecular flexibility index (Phi) is 4.63. The zero-order valence-corrected chi connectivity index (χ0v) is 13.1. The maximum absolute atomic E-state index is 12.3. The summed E-state index contributed by atoms with van der Waals surface area (Å²) in [5, 5.41) is 3.89. The molecular formula is C15H18ClN3O2. The number of hydrogen-bond acceptors (Lipinski definition) is 3. The molecule has 0 aliphatic carbocycles. The van der Waals surface area contributed by atoms with Crippen molar-refractivity contribution >= 4 is 28.4 Å². The van der Waals surface area contributed by atoms with E-state index in [0.717, 1.165) is 6.42 Å². The molecule has 0 saturated heterocycles. The van der Waals surface area contributed by atoms with Crippen molar-refractivity contribution in [2.45, 2.75) is 32.7 Å². The minimum absolute atomic E-state index is 0.0505.